The normalized spacial score (nSPS) is 11.6. The molecule has 0 bridgehead atoms. The molecule has 1 aromatic heterocycles. The lowest BCUT2D eigenvalue weighted by Crippen LogP contribution is -2.03. The highest BCUT2D eigenvalue weighted by Gasteiger charge is 2.11. The minimum absolute atomic E-state index is 0.196. The van der Waals surface area contributed by atoms with Gasteiger partial charge in [-0.1, -0.05) is 74.5 Å². The Morgan fingerprint density at radius 2 is 1.83 bits per heavy atom. The fourth-order valence-corrected chi connectivity index (χ4v) is 3.36. The highest BCUT2D eigenvalue weighted by atomic mass is 32.1. The van der Waals surface area contributed by atoms with Crippen LogP contribution in [0.25, 0.3) is 10.8 Å². The van der Waals surface area contributed by atoms with Crippen LogP contribution in [0.1, 0.15) is 36.7 Å². The second-order valence-electron chi connectivity index (χ2n) is 7.07. The van der Waals surface area contributed by atoms with E-state index in [0.717, 1.165) is 33.5 Å². The van der Waals surface area contributed by atoms with Gasteiger partial charge in [0.15, 0.2) is 5.82 Å². The molecule has 0 radical (unpaired) electrons. The van der Waals surface area contributed by atoms with Gasteiger partial charge in [-0.2, -0.15) is 14.9 Å². The van der Waals surface area contributed by atoms with Crippen LogP contribution in [-0.2, 0) is 6.61 Å². The van der Waals surface area contributed by atoms with Crippen molar-refractivity contribution in [1.82, 2.24) is 14.9 Å². The van der Waals surface area contributed by atoms with E-state index in [1.54, 1.807) is 10.9 Å². The van der Waals surface area contributed by atoms with Crippen molar-refractivity contribution in [2.75, 3.05) is 0 Å². The number of aromatic nitrogens is 3. The molecule has 4 rings (SSSR count). The largest absolute Gasteiger partial charge is 0.488 e. The minimum atomic E-state index is 0.196. The first kappa shape index (κ1) is 19.1. The summed E-state index contributed by atoms with van der Waals surface area (Å²) in [6, 6.07) is 22.4. The summed E-state index contributed by atoms with van der Waals surface area (Å²) in [5, 5.41) is 13.9. The first-order valence-corrected chi connectivity index (χ1v) is 9.94. The van der Waals surface area contributed by atoms with Crippen molar-refractivity contribution >= 4 is 29.2 Å². The van der Waals surface area contributed by atoms with Crippen molar-refractivity contribution in [3.63, 3.8) is 0 Å². The average Bonchev–Trinajstić information content (AvgIpc) is 3.12. The van der Waals surface area contributed by atoms with Crippen molar-refractivity contribution in [2.24, 2.45) is 5.10 Å². The monoisotopic (exact) mass is 402 g/mol. The molecule has 0 amide bonds. The van der Waals surface area contributed by atoms with Gasteiger partial charge in [0.1, 0.15) is 12.4 Å². The van der Waals surface area contributed by atoms with Crippen LogP contribution in [0, 0.1) is 4.77 Å². The van der Waals surface area contributed by atoms with Crippen LogP contribution < -0.4 is 4.74 Å². The molecule has 0 saturated heterocycles. The molecular weight excluding hydrogens is 380 g/mol. The summed E-state index contributed by atoms with van der Waals surface area (Å²) in [6.07, 6.45) is 1.81. The summed E-state index contributed by atoms with van der Waals surface area (Å²) in [4.78, 5) is 0. The molecule has 1 heterocycles. The fraction of sp³-hybridized carbons (Fsp3) is 0.174. The zero-order valence-corrected chi connectivity index (χ0v) is 17.2. The SMILES string of the molecule is CC(C)c1n[nH]c(=S)n1/N=C/c1c(OCc2ccccc2)ccc2ccccc12. The topological polar surface area (TPSA) is 55.2 Å². The number of aromatic amines is 1. The minimum Gasteiger partial charge on any atom is -0.488 e. The lowest BCUT2D eigenvalue weighted by Gasteiger charge is -2.12. The number of nitrogens with zero attached hydrogens (tertiary/aromatic N) is 3. The Morgan fingerprint density at radius 3 is 2.62 bits per heavy atom. The first-order chi connectivity index (χ1) is 14.1. The van der Waals surface area contributed by atoms with Gasteiger partial charge in [-0.05, 0) is 34.6 Å². The highest BCUT2D eigenvalue weighted by molar-refractivity contribution is 7.71. The first-order valence-electron chi connectivity index (χ1n) is 9.53. The molecule has 0 saturated carbocycles. The van der Waals surface area contributed by atoms with Crippen LogP contribution in [-0.4, -0.2) is 21.1 Å². The third-order valence-corrected chi connectivity index (χ3v) is 4.93. The Kier molecular flexibility index (Phi) is 5.53. The second-order valence-corrected chi connectivity index (χ2v) is 7.46. The highest BCUT2D eigenvalue weighted by Crippen LogP contribution is 2.27. The fourth-order valence-electron chi connectivity index (χ4n) is 3.17. The standard InChI is InChI=1S/C23H22N4OS/c1-16(2)22-25-26-23(29)27(22)24-14-20-19-11-7-6-10-18(19)12-13-21(20)28-15-17-8-4-3-5-9-17/h3-14,16H,15H2,1-2H3,(H,26,29)/b24-14+. The average molecular weight is 403 g/mol. The Hall–Kier alpha value is -3.25. The van der Waals surface area contributed by atoms with E-state index in [2.05, 4.69) is 59.5 Å². The second kappa shape index (κ2) is 8.41. The van der Waals surface area contributed by atoms with E-state index < -0.39 is 0 Å². The number of benzene rings is 3. The van der Waals surface area contributed by atoms with Gasteiger partial charge < -0.3 is 4.74 Å². The predicted octanol–water partition coefficient (Wildman–Crippen LogP) is 5.68. The van der Waals surface area contributed by atoms with Gasteiger partial charge in [-0.25, -0.2) is 0 Å². The van der Waals surface area contributed by atoms with Gasteiger partial charge in [0, 0.05) is 11.5 Å². The number of rotatable bonds is 6. The molecule has 0 fully saturated rings. The van der Waals surface area contributed by atoms with Crippen LogP contribution in [0.3, 0.4) is 0 Å². The van der Waals surface area contributed by atoms with Gasteiger partial charge >= 0.3 is 0 Å². The molecule has 0 atom stereocenters. The van der Waals surface area contributed by atoms with Crippen molar-refractivity contribution in [2.45, 2.75) is 26.4 Å². The zero-order valence-electron chi connectivity index (χ0n) is 16.4. The lowest BCUT2D eigenvalue weighted by atomic mass is 10.0. The zero-order chi connectivity index (χ0) is 20.2. The molecule has 0 spiro atoms. The molecule has 0 aliphatic rings. The predicted molar refractivity (Wildman–Crippen MR) is 119 cm³/mol. The van der Waals surface area contributed by atoms with E-state index >= 15 is 0 Å². The molecule has 29 heavy (non-hydrogen) atoms. The van der Waals surface area contributed by atoms with Crippen molar-refractivity contribution in [3.8, 4) is 5.75 Å². The maximum Gasteiger partial charge on any atom is 0.216 e. The number of hydrogen-bond donors (Lipinski definition) is 1. The van der Waals surface area contributed by atoms with E-state index in [9.17, 15) is 0 Å². The smallest absolute Gasteiger partial charge is 0.216 e. The number of ether oxygens (including phenoxy) is 1. The molecule has 146 valence electrons. The van der Waals surface area contributed by atoms with Crippen LogP contribution in [0.5, 0.6) is 5.75 Å². The summed E-state index contributed by atoms with van der Waals surface area (Å²) in [5.74, 6) is 1.76. The van der Waals surface area contributed by atoms with Crippen LogP contribution in [0.4, 0.5) is 0 Å². The Balaban J connectivity index is 1.75. The summed E-state index contributed by atoms with van der Waals surface area (Å²) >= 11 is 5.35. The van der Waals surface area contributed by atoms with Crippen molar-refractivity contribution in [3.05, 3.63) is 88.5 Å². The molecule has 3 aromatic carbocycles. The summed E-state index contributed by atoms with van der Waals surface area (Å²) in [5.41, 5.74) is 2.03. The summed E-state index contributed by atoms with van der Waals surface area (Å²) < 4.78 is 8.30. The van der Waals surface area contributed by atoms with Crippen LogP contribution in [0.15, 0.2) is 71.8 Å². The lowest BCUT2D eigenvalue weighted by molar-refractivity contribution is 0.306. The molecular formula is C23H22N4OS. The van der Waals surface area contributed by atoms with E-state index in [1.165, 1.54) is 0 Å². The summed E-state index contributed by atoms with van der Waals surface area (Å²) in [7, 11) is 0. The van der Waals surface area contributed by atoms with E-state index in [4.69, 9.17) is 17.0 Å². The molecule has 0 aliphatic heterocycles. The molecule has 4 aromatic rings. The van der Waals surface area contributed by atoms with E-state index in [1.807, 2.05) is 36.4 Å². The molecule has 5 nitrogen and oxygen atoms in total. The van der Waals surface area contributed by atoms with E-state index in [-0.39, 0.29) is 5.92 Å². The van der Waals surface area contributed by atoms with E-state index in [0.29, 0.717) is 11.4 Å². The van der Waals surface area contributed by atoms with Gasteiger partial charge in [-0.15, -0.1) is 0 Å². The number of hydrogen-bond acceptors (Lipinski definition) is 4. The molecule has 0 unspecified atom stereocenters. The number of fused-ring (bicyclic) bond motifs is 1. The van der Waals surface area contributed by atoms with Crippen LogP contribution in [0.2, 0.25) is 0 Å². The third kappa shape index (κ3) is 4.12. The van der Waals surface area contributed by atoms with Gasteiger partial charge in [0.2, 0.25) is 4.77 Å². The quantitative estimate of drug-likeness (QED) is 0.333. The Morgan fingerprint density at radius 1 is 1.07 bits per heavy atom. The van der Waals surface area contributed by atoms with Gasteiger partial charge in [0.05, 0.1) is 6.21 Å². The number of nitrogens with one attached hydrogen (secondary N) is 1. The van der Waals surface area contributed by atoms with Crippen molar-refractivity contribution < 1.29 is 4.74 Å². The Labute approximate surface area is 174 Å². The molecule has 6 heteroatoms. The van der Waals surface area contributed by atoms with Gasteiger partial charge in [0.25, 0.3) is 0 Å². The third-order valence-electron chi connectivity index (χ3n) is 4.66. The summed E-state index contributed by atoms with van der Waals surface area (Å²) in [6.45, 7) is 4.61. The van der Waals surface area contributed by atoms with Crippen molar-refractivity contribution in [1.29, 1.82) is 0 Å². The maximum absolute atomic E-state index is 6.16. The Bertz CT molecular complexity index is 1210. The molecule has 0 aliphatic carbocycles. The van der Waals surface area contributed by atoms with Crippen LogP contribution >= 0.6 is 12.2 Å². The number of H-pyrrole nitrogens is 1. The maximum atomic E-state index is 6.16. The molecule has 1 N–H and O–H groups in total. The van der Waals surface area contributed by atoms with Gasteiger partial charge in [-0.3, -0.25) is 5.10 Å².